The summed E-state index contributed by atoms with van der Waals surface area (Å²) in [5.74, 6) is -37.7. The Morgan fingerprint density at radius 2 is 1.10 bits per heavy atom. The molecule has 0 fully saturated rings. The second-order valence-corrected chi connectivity index (χ2v) is 5.96. The molecule has 0 amide bonds. The lowest BCUT2D eigenvalue weighted by Crippen LogP contribution is -2.69. The van der Waals surface area contributed by atoms with Gasteiger partial charge in [0.1, 0.15) is 0 Å². The number of benzene rings is 1. The van der Waals surface area contributed by atoms with Crippen LogP contribution in [0.4, 0.5) is 57.1 Å². The fourth-order valence-corrected chi connectivity index (χ4v) is 2.30. The van der Waals surface area contributed by atoms with Crippen molar-refractivity contribution < 1.29 is 57.1 Å². The molecule has 168 valence electrons. The molecule has 2 rings (SSSR count). The van der Waals surface area contributed by atoms with Crippen molar-refractivity contribution in [1.29, 1.82) is 0 Å². The number of halogens is 13. The minimum atomic E-state index is -8.00. The molecule has 0 bridgehead atoms. The zero-order valence-electron chi connectivity index (χ0n) is 13.7. The van der Waals surface area contributed by atoms with Crippen molar-refractivity contribution in [3.05, 3.63) is 46.2 Å². The molecule has 0 aliphatic carbocycles. The molecule has 1 heterocycles. The van der Waals surface area contributed by atoms with E-state index in [1.54, 1.807) is 0 Å². The Labute approximate surface area is 156 Å². The van der Waals surface area contributed by atoms with Gasteiger partial charge in [-0.25, -0.2) is 0 Å². The highest BCUT2D eigenvalue weighted by atomic mass is 19.4. The lowest BCUT2D eigenvalue weighted by Gasteiger charge is -2.39. The molecule has 1 N–H and O–H groups in total. The molecule has 0 saturated heterocycles. The number of hydrogen-bond donors (Lipinski definition) is 1. The Balaban J connectivity index is 2.70. The summed E-state index contributed by atoms with van der Waals surface area (Å²) >= 11 is 0. The summed E-state index contributed by atoms with van der Waals surface area (Å²) in [6.45, 7) is 0. The van der Waals surface area contributed by atoms with Gasteiger partial charge in [-0.3, -0.25) is 4.79 Å². The van der Waals surface area contributed by atoms with Gasteiger partial charge in [0, 0.05) is 17.0 Å². The number of hydrogen-bond acceptors (Lipinski definition) is 1. The lowest BCUT2D eigenvalue weighted by molar-refractivity contribution is -0.442. The van der Waals surface area contributed by atoms with Gasteiger partial charge in [-0.1, -0.05) is 12.1 Å². The van der Waals surface area contributed by atoms with Gasteiger partial charge in [0.25, 0.3) is 0 Å². The Morgan fingerprint density at radius 1 is 0.633 bits per heavy atom. The van der Waals surface area contributed by atoms with E-state index in [9.17, 15) is 61.9 Å². The average Bonchev–Trinajstić information content (AvgIpc) is 2.60. The number of aromatic amines is 1. The first-order valence-corrected chi connectivity index (χ1v) is 7.32. The Kier molecular flexibility index (Phi) is 5.16. The van der Waals surface area contributed by atoms with E-state index >= 15 is 0 Å². The molecular formula is C15H6F13NO. The van der Waals surface area contributed by atoms with E-state index < -0.39 is 63.9 Å². The summed E-state index contributed by atoms with van der Waals surface area (Å²) in [4.78, 5) is 13.1. The van der Waals surface area contributed by atoms with Gasteiger partial charge in [-0.15, -0.1) is 0 Å². The van der Waals surface area contributed by atoms with Gasteiger partial charge < -0.3 is 4.98 Å². The predicted octanol–water partition coefficient (Wildman–Crippen LogP) is 5.72. The first kappa shape index (κ1) is 23.8. The third-order valence-electron chi connectivity index (χ3n) is 4.01. The van der Waals surface area contributed by atoms with E-state index in [1.165, 1.54) is 11.1 Å². The van der Waals surface area contributed by atoms with E-state index in [0.717, 1.165) is 18.2 Å². The molecule has 2 nitrogen and oxygen atoms in total. The number of nitrogens with one attached hydrogen (secondary N) is 1. The van der Waals surface area contributed by atoms with Crippen LogP contribution in [0, 0.1) is 0 Å². The first-order chi connectivity index (χ1) is 13.2. The SMILES string of the molecule is O=c1cc(C(F)(F)C(F)(F)C(F)(F)C(F)(F)C(F)(F)C(F)(F)F)[nH]c2ccccc12. The number of fused-ring (bicyclic) bond motifs is 1. The van der Waals surface area contributed by atoms with Crippen molar-refractivity contribution >= 4 is 10.9 Å². The molecule has 0 spiro atoms. The Hall–Kier alpha value is -2.48. The molecule has 0 aliphatic heterocycles. The van der Waals surface area contributed by atoms with Crippen LogP contribution in [0.15, 0.2) is 35.1 Å². The molecule has 30 heavy (non-hydrogen) atoms. The van der Waals surface area contributed by atoms with Gasteiger partial charge in [-0.05, 0) is 12.1 Å². The minimum Gasteiger partial charge on any atom is -0.353 e. The summed E-state index contributed by atoms with van der Waals surface area (Å²) < 4.78 is 171. The fourth-order valence-electron chi connectivity index (χ4n) is 2.30. The molecule has 2 aromatic rings. The van der Waals surface area contributed by atoms with Crippen LogP contribution in [0.2, 0.25) is 0 Å². The predicted molar refractivity (Wildman–Crippen MR) is 74.3 cm³/mol. The number of pyridine rings is 1. The maximum absolute atomic E-state index is 14.1. The number of para-hydroxylation sites is 1. The van der Waals surface area contributed by atoms with Crippen LogP contribution in [0.3, 0.4) is 0 Å². The highest BCUT2D eigenvalue weighted by Crippen LogP contribution is 2.61. The summed E-state index contributed by atoms with van der Waals surface area (Å²) in [5, 5.41) is -0.430. The second kappa shape index (κ2) is 6.51. The number of aromatic nitrogens is 1. The standard InChI is InChI=1S/C15H6F13NO/c16-10(17,9-5-8(30)6-3-1-2-4-7(6)29-9)11(18,19)12(20,21)13(22,23)14(24,25)15(26,27)28/h1-5H,(H,29,30). The fraction of sp³-hybridized carbons (Fsp3) is 0.400. The maximum atomic E-state index is 14.1. The Bertz CT molecular complexity index is 1010. The zero-order valence-corrected chi connectivity index (χ0v) is 13.7. The van der Waals surface area contributed by atoms with E-state index in [4.69, 9.17) is 0 Å². The third kappa shape index (κ3) is 3.00. The summed E-state index contributed by atoms with van der Waals surface area (Å²) in [7, 11) is 0. The first-order valence-electron chi connectivity index (χ1n) is 7.32. The lowest BCUT2D eigenvalue weighted by atomic mass is 9.92. The average molecular weight is 463 g/mol. The molecule has 0 aliphatic rings. The van der Waals surface area contributed by atoms with E-state index in [2.05, 4.69) is 0 Å². The second-order valence-electron chi connectivity index (χ2n) is 5.96. The van der Waals surface area contributed by atoms with Crippen molar-refractivity contribution in [2.24, 2.45) is 0 Å². The molecule has 1 aromatic heterocycles. The quantitative estimate of drug-likeness (QED) is 0.566. The van der Waals surface area contributed by atoms with Gasteiger partial charge in [0.05, 0.1) is 5.69 Å². The number of alkyl halides is 13. The van der Waals surface area contributed by atoms with Crippen LogP contribution >= 0.6 is 0 Å². The zero-order chi connectivity index (χ0) is 23.6. The molecule has 0 saturated carbocycles. The van der Waals surface area contributed by atoms with Crippen LogP contribution in [-0.2, 0) is 5.92 Å². The summed E-state index contributed by atoms with van der Waals surface area (Å²) in [6.07, 6.45) is -7.48. The van der Waals surface area contributed by atoms with Crippen LogP contribution in [0.25, 0.3) is 10.9 Å². The maximum Gasteiger partial charge on any atom is 0.460 e. The van der Waals surface area contributed by atoms with E-state index in [0.29, 0.717) is 0 Å². The molecule has 0 radical (unpaired) electrons. The number of H-pyrrole nitrogens is 1. The molecule has 0 unspecified atom stereocenters. The van der Waals surface area contributed by atoms with Crippen LogP contribution in [0.5, 0.6) is 0 Å². The van der Waals surface area contributed by atoms with Gasteiger partial charge in [0.2, 0.25) is 0 Å². The largest absolute Gasteiger partial charge is 0.460 e. The van der Waals surface area contributed by atoms with Crippen molar-refractivity contribution in [3.63, 3.8) is 0 Å². The van der Waals surface area contributed by atoms with Crippen molar-refractivity contribution in [3.8, 4) is 0 Å². The van der Waals surface area contributed by atoms with Crippen molar-refractivity contribution in [2.45, 2.75) is 35.8 Å². The summed E-state index contributed by atoms with van der Waals surface area (Å²) in [5.41, 5.74) is -4.56. The normalized spacial score (nSPS) is 15.0. The van der Waals surface area contributed by atoms with Crippen LogP contribution in [-0.4, -0.2) is 34.9 Å². The molecular weight excluding hydrogens is 457 g/mol. The molecule has 15 heteroatoms. The van der Waals surface area contributed by atoms with Gasteiger partial charge in [0.15, 0.2) is 5.43 Å². The topological polar surface area (TPSA) is 32.9 Å². The van der Waals surface area contributed by atoms with E-state index in [-0.39, 0.29) is 0 Å². The van der Waals surface area contributed by atoms with E-state index in [1.807, 2.05) is 0 Å². The van der Waals surface area contributed by atoms with Crippen molar-refractivity contribution in [2.75, 3.05) is 0 Å². The number of rotatable bonds is 5. The van der Waals surface area contributed by atoms with Crippen molar-refractivity contribution in [1.82, 2.24) is 4.98 Å². The van der Waals surface area contributed by atoms with Gasteiger partial charge >= 0.3 is 35.8 Å². The molecule has 0 atom stereocenters. The molecule has 1 aromatic carbocycles. The summed E-state index contributed by atoms with van der Waals surface area (Å²) in [6, 6.07) is 3.63. The van der Waals surface area contributed by atoms with Crippen LogP contribution in [0.1, 0.15) is 5.69 Å². The monoisotopic (exact) mass is 463 g/mol. The highest BCUT2D eigenvalue weighted by molar-refractivity contribution is 5.78. The highest BCUT2D eigenvalue weighted by Gasteiger charge is 2.91. The minimum absolute atomic E-state index is 0.396. The van der Waals surface area contributed by atoms with Crippen LogP contribution < -0.4 is 5.43 Å². The third-order valence-corrected chi connectivity index (χ3v) is 4.01. The Morgan fingerprint density at radius 3 is 1.60 bits per heavy atom. The smallest absolute Gasteiger partial charge is 0.353 e. The van der Waals surface area contributed by atoms with Gasteiger partial charge in [-0.2, -0.15) is 57.1 Å².